The van der Waals surface area contributed by atoms with Crippen LogP contribution in [0.25, 0.3) is 0 Å². The van der Waals surface area contributed by atoms with Crippen LogP contribution in [0.5, 0.6) is 0 Å². The predicted octanol–water partition coefficient (Wildman–Crippen LogP) is 0.649. The Bertz CT molecular complexity index is 269. The molecule has 0 aliphatic rings. The molecule has 1 aromatic rings. The molecule has 12 heavy (non-hydrogen) atoms. The van der Waals surface area contributed by atoms with E-state index in [1.54, 1.807) is 0 Å². The highest BCUT2D eigenvalue weighted by molar-refractivity contribution is 5.66. The van der Waals surface area contributed by atoms with Crippen LogP contribution in [-0.2, 0) is 17.6 Å². The van der Waals surface area contributed by atoms with Gasteiger partial charge in [-0.1, -0.05) is 12.1 Å². The highest BCUT2D eigenvalue weighted by Crippen LogP contribution is 2.00. The zero-order chi connectivity index (χ0) is 8.97. The summed E-state index contributed by atoms with van der Waals surface area (Å²) in [6, 6.07) is 0. The third-order valence-electron chi connectivity index (χ3n) is 1.38. The van der Waals surface area contributed by atoms with Crippen LogP contribution in [0, 0.1) is 0 Å². The molecule has 0 bridgehead atoms. The topological polar surface area (TPSA) is 76.2 Å². The molecule has 0 saturated heterocycles. The van der Waals surface area contributed by atoms with Crippen molar-refractivity contribution in [2.24, 2.45) is 0 Å². The Balaban J connectivity index is 2.47. The lowest BCUT2D eigenvalue weighted by Gasteiger charge is -1.86. The predicted molar refractivity (Wildman–Crippen MR) is 39.6 cm³/mol. The Morgan fingerprint density at radius 3 is 2.92 bits per heavy atom. The van der Waals surface area contributed by atoms with E-state index in [2.05, 4.69) is 10.1 Å². The minimum atomic E-state index is -0.849. The molecule has 0 aromatic carbocycles. The van der Waals surface area contributed by atoms with E-state index in [9.17, 15) is 4.79 Å². The van der Waals surface area contributed by atoms with Crippen LogP contribution in [-0.4, -0.2) is 21.2 Å². The molecule has 5 nitrogen and oxygen atoms in total. The number of aliphatic carboxylic acids is 1. The number of aryl methyl sites for hydroxylation is 2. The summed E-state index contributed by atoms with van der Waals surface area (Å²) >= 11 is 0. The Kier molecular flexibility index (Phi) is 2.79. The first-order valence-corrected chi connectivity index (χ1v) is 3.75. The van der Waals surface area contributed by atoms with Crippen molar-refractivity contribution in [2.45, 2.75) is 26.2 Å². The van der Waals surface area contributed by atoms with Gasteiger partial charge in [0.15, 0.2) is 5.82 Å². The van der Waals surface area contributed by atoms with E-state index in [-0.39, 0.29) is 6.42 Å². The van der Waals surface area contributed by atoms with E-state index in [1.807, 2.05) is 6.92 Å². The van der Waals surface area contributed by atoms with E-state index >= 15 is 0 Å². The lowest BCUT2D eigenvalue weighted by molar-refractivity contribution is -0.137. The molecule has 0 aliphatic heterocycles. The molecule has 0 saturated carbocycles. The molecule has 1 heterocycles. The Morgan fingerprint density at radius 1 is 1.67 bits per heavy atom. The van der Waals surface area contributed by atoms with E-state index in [1.165, 1.54) is 0 Å². The van der Waals surface area contributed by atoms with Gasteiger partial charge in [-0.15, -0.1) is 0 Å². The van der Waals surface area contributed by atoms with Gasteiger partial charge >= 0.3 is 5.97 Å². The fraction of sp³-hybridized carbons (Fsp3) is 0.571. The number of aromatic nitrogens is 2. The second kappa shape index (κ2) is 3.85. The summed E-state index contributed by atoms with van der Waals surface area (Å²) in [5.41, 5.74) is 0. The summed E-state index contributed by atoms with van der Waals surface area (Å²) in [6.45, 7) is 1.90. The van der Waals surface area contributed by atoms with Crippen molar-refractivity contribution in [3.05, 3.63) is 11.7 Å². The maximum atomic E-state index is 10.2. The third kappa shape index (κ3) is 2.34. The largest absolute Gasteiger partial charge is 0.481 e. The fourth-order valence-corrected chi connectivity index (χ4v) is 0.754. The van der Waals surface area contributed by atoms with Crippen molar-refractivity contribution in [2.75, 3.05) is 0 Å². The monoisotopic (exact) mass is 170 g/mol. The SMILES string of the molecule is CCc1nc(CCC(=O)O)no1. The van der Waals surface area contributed by atoms with Crippen LogP contribution < -0.4 is 0 Å². The number of carboxylic acid groups (broad SMARTS) is 1. The number of nitrogens with zero attached hydrogens (tertiary/aromatic N) is 2. The summed E-state index contributed by atoms with van der Waals surface area (Å²) in [7, 11) is 0. The smallest absolute Gasteiger partial charge is 0.303 e. The van der Waals surface area contributed by atoms with Gasteiger partial charge in [0.1, 0.15) is 0 Å². The van der Waals surface area contributed by atoms with Gasteiger partial charge in [-0.2, -0.15) is 4.98 Å². The molecule has 0 unspecified atom stereocenters. The second-order valence-electron chi connectivity index (χ2n) is 2.35. The summed E-state index contributed by atoms with van der Waals surface area (Å²) < 4.78 is 4.79. The summed E-state index contributed by atoms with van der Waals surface area (Å²) in [4.78, 5) is 14.1. The number of rotatable bonds is 4. The molecule has 5 heteroatoms. The van der Waals surface area contributed by atoms with Crippen molar-refractivity contribution >= 4 is 5.97 Å². The van der Waals surface area contributed by atoms with E-state index in [0.29, 0.717) is 24.6 Å². The van der Waals surface area contributed by atoms with Gasteiger partial charge < -0.3 is 9.63 Å². The van der Waals surface area contributed by atoms with Gasteiger partial charge in [-0.05, 0) is 0 Å². The second-order valence-corrected chi connectivity index (χ2v) is 2.35. The maximum Gasteiger partial charge on any atom is 0.303 e. The average molecular weight is 170 g/mol. The molecule has 0 aliphatic carbocycles. The first-order valence-electron chi connectivity index (χ1n) is 3.75. The molecule has 1 aromatic heterocycles. The highest BCUT2D eigenvalue weighted by atomic mass is 16.5. The van der Waals surface area contributed by atoms with Gasteiger partial charge in [0.2, 0.25) is 5.89 Å². The Morgan fingerprint density at radius 2 is 2.42 bits per heavy atom. The van der Waals surface area contributed by atoms with E-state index in [4.69, 9.17) is 9.63 Å². The molecule has 0 fully saturated rings. The normalized spacial score (nSPS) is 10.1. The van der Waals surface area contributed by atoms with Gasteiger partial charge in [-0.25, -0.2) is 0 Å². The maximum absolute atomic E-state index is 10.2. The molecule has 1 rings (SSSR count). The molecular weight excluding hydrogens is 160 g/mol. The minimum Gasteiger partial charge on any atom is -0.481 e. The zero-order valence-electron chi connectivity index (χ0n) is 6.78. The van der Waals surface area contributed by atoms with E-state index in [0.717, 1.165) is 0 Å². The van der Waals surface area contributed by atoms with Crippen LogP contribution in [0.1, 0.15) is 25.1 Å². The molecule has 0 radical (unpaired) electrons. The third-order valence-corrected chi connectivity index (χ3v) is 1.38. The summed E-state index contributed by atoms with van der Waals surface area (Å²) in [5, 5.41) is 12.0. The van der Waals surface area contributed by atoms with Crippen molar-refractivity contribution in [1.29, 1.82) is 0 Å². The Labute approximate surface area is 69.4 Å². The average Bonchev–Trinajstić information content (AvgIpc) is 2.48. The lowest BCUT2D eigenvalue weighted by Crippen LogP contribution is -1.98. The first kappa shape index (κ1) is 8.70. The van der Waals surface area contributed by atoms with Crippen LogP contribution in [0.4, 0.5) is 0 Å². The standard InChI is InChI=1S/C7H10N2O3/c1-2-6-8-5(9-12-6)3-4-7(10)11/h2-4H2,1H3,(H,10,11). The molecule has 66 valence electrons. The van der Waals surface area contributed by atoms with Crippen LogP contribution >= 0.6 is 0 Å². The van der Waals surface area contributed by atoms with Crippen molar-refractivity contribution in [1.82, 2.24) is 10.1 Å². The van der Waals surface area contributed by atoms with Crippen molar-refractivity contribution < 1.29 is 14.4 Å². The van der Waals surface area contributed by atoms with E-state index < -0.39 is 5.97 Å². The fourth-order valence-electron chi connectivity index (χ4n) is 0.754. The lowest BCUT2D eigenvalue weighted by atomic mass is 10.3. The first-order chi connectivity index (χ1) is 5.72. The molecule has 1 N–H and O–H groups in total. The van der Waals surface area contributed by atoms with Crippen molar-refractivity contribution in [3.63, 3.8) is 0 Å². The highest BCUT2D eigenvalue weighted by Gasteiger charge is 2.05. The number of carboxylic acids is 1. The Hall–Kier alpha value is -1.39. The summed E-state index contributed by atoms with van der Waals surface area (Å²) in [5.74, 6) is 0.169. The van der Waals surface area contributed by atoms with Crippen LogP contribution in [0.3, 0.4) is 0 Å². The molecule has 0 atom stereocenters. The van der Waals surface area contributed by atoms with Gasteiger partial charge in [0.25, 0.3) is 0 Å². The zero-order valence-corrected chi connectivity index (χ0v) is 6.78. The molecule has 0 amide bonds. The summed E-state index contributed by atoms with van der Waals surface area (Å²) in [6.07, 6.45) is 1.06. The van der Waals surface area contributed by atoms with Gasteiger partial charge in [0, 0.05) is 12.8 Å². The molecule has 0 spiro atoms. The quantitative estimate of drug-likeness (QED) is 0.717. The molecular formula is C7H10N2O3. The number of hydrogen-bond donors (Lipinski definition) is 1. The minimum absolute atomic E-state index is 0.0443. The van der Waals surface area contributed by atoms with Crippen LogP contribution in [0.15, 0.2) is 4.52 Å². The van der Waals surface area contributed by atoms with Crippen molar-refractivity contribution in [3.8, 4) is 0 Å². The number of carbonyl (C=O) groups is 1. The number of hydrogen-bond acceptors (Lipinski definition) is 4. The van der Waals surface area contributed by atoms with Gasteiger partial charge in [0.05, 0.1) is 6.42 Å². The van der Waals surface area contributed by atoms with Crippen LogP contribution in [0.2, 0.25) is 0 Å². The van der Waals surface area contributed by atoms with Gasteiger partial charge in [-0.3, -0.25) is 4.79 Å².